The molecule has 0 amide bonds. The Morgan fingerprint density at radius 2 is 2.25 bits per heavy atom. The highest BCUT2D eigenvalue weighted by Gasteiger charge is 1.92. The van der Waals surface area contributed by atoms with Crippen molar-refractivity contribution < 1.29 is 4.39 Å². The summed E-state index contributed by atoms with van der Waals surface area (Å²) in [5.41, 5.74) is 11.0. The maximum Gasteiger partial charge on any atom is 0.212 e. The van der Waals surface area contributed by atoms with Crippen molar-refractivity contribution in [2.24, 2.45) is 16.5 Å². The Hall–Kier alpha value is -1.65. The van der Waals surface area contributed by atoms with Crippen molar-refractivity contribution >= 4 is 5.96 Å². The fraction of sp³-hybridized carbons (Fsp3) is 0.143. The van der Waals surface area contributed by atoms with Gasteiger partial charge in [0.1, 0.15) is 0 Å². The molecule has 4 N–H and O–H groups in total. The van der Waals surface area contributed by atoms with E-state index in [0.717, 1.165) is 5.56 Å². The van der Waals surface area contributed by atoms with E-state index in [2.05, 4.69) is 9.98 Å². The van der Waals surface area contributed by atoms with Gasteiger partial charge in [-0.15, -0.1) is 0 Å². The van der Waals surface area contributed by atoms with Crippen molar-refractivity contribution in [1.29, 1.82) is 0 Å². The second-order valence-electron chi connectivity index (χ2n) is 2.23. The Kier molecular flexibility index (Phi) is 2.57. The summed E-state index contributed by atoms with van der Waals surface area (Å²) in [6.07, 6.45) is 1.39. The second-order valence-corrected chi connectivity index (χ2v) is 2.23. The summed E-state index contributed by atoms with van der Waals surface area (Å²) in [4.78, 5) is 7.17. The molecule has 0 aliphatic heterocycles. The van der Waals surface area contributed by atoms with E-state index in [0.29, 0.717) is 6.54 Å². The highest BCUT2D eigenvalue weighted by Crippen LogP contribution is 1.99. The van der Waals surface area contributed by atoms with Gasteiger partial charge in [-0.1, -0.05) is 6.07 Å². The standard InChI is InChI=1S/C7H9FN4/c8-6-2-1-5(3-11-6)4-12-7(9)10/h1-3H,4H2,(H4,9,10,12). The fourth-order valence-corrected chi connectivity index (χ4v) is 0.683. The minimum atomic E-state index is -0.511. The number of pyridine rings is 1. The molecule has 0 spiro atoms. The van der Waals surface area contributed by atoms with Crippen molar-refractivity contribution in [1.82, 2.24) is 4.98 Å². The molecule has 0 aliphatic carbocycles. The molecular formula is C7H9FN4. The van der Waals surface area contributed by atoms with Gasteiger partial charge in [0.2, 0.25) is 5.95 Å². The van der Waals surface area contributed by atoms with Crippen LogP contribution in [0.1, 0.15) is 5.56 Å². The Balaban J connectivity index is 2.65. The van der Waals surface area contributed by atoms with Crippen LogP contribution in [0.3, 0.4) is 0 Å². The van der Waals surface area contributed by atoms with Gasteiger partial charge in [0, 0.05) is 6.20 Å². The number of hydrogen-bond donors (Lipinski definition) is 2. The zero-order valence-electron chi connectivity index (χ0n) is 6.37. The quantitative estimate of drug-likeness (QED) is 0.370. The number of aliphatic imine (C=N–C) groups is 1. The average molecular weight is 168 g/mol. The number of nitrogens with zero attached hydrogens (tertiary/aromatic N) is 2. The maximum absolute atomic E-state index is 12.3. The van der Waals surface area contributed by atoms with Gasteiger partial charge in [-0.25, -0.2) is 9.98 Å². The average Bonchev–Trinajstić information content (AvgIpc) is 2.03. The molecule has 1 rings (SSSR count). The molecule has 0 fully saturated rings. The van der Waals surface area contributed by atoms with E-state index in [1.54, 1.807) is 6.07 Å². The van der Waals surface area contributed by atoms with Gasteiger partial charge < -0.3 is 11.5 Å². The highest BCUT2D eigenvalue weighted by atomic mass is 19.1. The molecule has 5 heteroatoms. The molecular weight excluding hydrogens is 159 g/mol. The van der Waals surface area contributed by atoms with Crippen molar-refractivity contribution in [3.05, 3.63) is 29.8 Å². The summed E-state index contributed by atoms with van der Waals surface area (Å²) in [5, 5.41) is 0. The topological polar surface area (TPSA) is 77.3 Å². The number of hydrogen-bond acceptors (Lipinski definition) is 2. The minimum Gasteiger partial charge on any atom is -0.370 e. The molecule has 0 atom stereocenters. The Labute approximate surface area is 69.1 Å². The van der Waals surface area contributed by atoms with Gasteiger partial charge in [0.05, 0.1) is 6.54 Å². The van der Waals surface area contributed by atoms with Crippen molar-refractivity contribution in [3.63, 3.8) is 0 Å². The third-order valence-electron chi connectivity index (χ3n) is 1.23. The van der Waals surface area contributed by atoms with Crippen LogP contribution in [0.5, 0.6) is 0 Å². The summed E-state index contributed by atoms with van der Waals surface area (Å²) in [5.74, 6) is -0.497. The lowest BCUT2D eigenvalue weighted by Gasteiger charge is -1.95. The predicted octanol–water partition coefficient (Wildman–Crippen LogP) is -0.00590. The van der Waals surface area contributed by atoms with Crippen LogP contribution in [-0.2, 0) is 6.54 Å². The number of rotatable bonds is 2. The van der Waals surface area contributed by atoms with E-state index in [-0.39, 0.29) is 5.96 Å². The predicted molar refractivity (Wildman–Crippen MR) is 43.7 cm³/mol. The van der Waals surface area contributed by atoms with Crippen molar-refractivity contribution in [3.8, 4) is 0 Å². The van der Waals surface area contributed by atoms with Gasteiger partial charge in [-0.2, -0.15) is 4.39 Å². The number of nitrogens with two attached hydrogens (primary N) is 2. The lowest BCUT2D eigenvalue weighted by atomic mass is 10.3. The Morgan fingerprint density at radius 1 is 1.50 bits per heavy atom. The lowest BCUT2D eigenvalue weighted by molar-refractivity contribution is 0.582. The van der Waals surface area contributed by atoms with Crippen LogP contribution < -0.4 is 11.5 Å². The molecule has 0 aliphatic rings. The molecule has 4 nitrogen and oxygen atoms in total. The van der Waals surface area contributed by atoms with E-state index in [1.807, 2.05) is 0 Å². The van der Waals surface area contributed by atoms with Gasteiger partial charge in [-0.05, 0) is 11.6 Å². The monoisotopic (exact) mass is 168 g/mol. The molecule has 0 saturated carbocycles. The summed E-state index contributed by atoms with van der Waals surface area (Å²) in [6.45, 7) is 0.329. The van der Waals surface area contributed by atoms with E-state index < -0.39 is 5.95 Å². The number of guanidine groups is 1. The zero-order chi connectivity index (χ0) is 8.97. The normalized spacial score (nSPS) is 9.42. The van der Waals surface area contributed by atoms with Crippen LogP contribution in [-0.4, -0.2) is 10.9 Å². The van der Waals surface area contributed by atoms with E-state index in [4.69, 9.17) is 11.5 Å². The maximum atomic E-state index is 12.3. The summed E-state index contributed by atoms with van der Waals surface area (Å²) in [7, 11) is 0. The first-order chi connectivity index (χ1) is 5.68. The van der Waals surface area contributed by atoms with Gasteiger partial charge in [0.25, 0.3) is 0 Å². The summed E-state index contributed by atoms with van der Waals surface area (Å²) in [6, 6.07) is 2.84. The molecule has 0 aromatic carbocycles. The molecule has 1 aromatic rings. The molecule has 0 saturated heterocycles. The summed E-state index contributed by atoms with van der Waals surface area (Å²) >= 11 is 0. The van der Waals surface area contributed by atoms with Gasteiger partial charge >= 0.3 is 0 Å². The van der Waals surface area contributed by atoms with Crippen LogP contribution in [0.15, 0.2) is 23.3 Å². The van der Waals surface area contributed by atoms with Gasteiger partial charge in [0.15, 0.2) is 5.96 Å². The van der Waals surface area contributed by atoms with Crippen molar-refractivity contribution in [2.75, 3.05) is 0 Å². The molecule has 0 radical (unpaired) electrons. The molecule has 1 heterocycles. The third kappa shape index (κ3) is 2.53. The first kappa shape index (κ1) is 8.45. The van der Waals surface area contributed by atoms with Gasteiger partial charge in [-0.3, -0.25) is 0 Å². The SMILES string of the molecule is NC(N)=NCc1ccc(F)nc1. The molecule has 0 unspecified atom stereocenters. The Morgan fingerprint density at radius 3 is 2.75 bits per heavy atom. The Bertz CT molecular complexity index is 276. The first-order valence-corrected chi connectivity index (χ1v) is 3.34. The molecule has 64 valence electrons. The van der Waals surface area contributed by atoms with E-state index in [9.17, 15) is 4.39 Å². The number of aromatic nitrogens is 1. The van der Waals surface area contributed by atoms with Crippen molar-refractivity contribution in [2.45, 2.75) is 6.54 Å². The second kappa shape index (κ2) is 3.66. The number of halogens is 1. The summed E-state index contributed by atoms with van der Waals surface area (Å²) < 4.78 is 12.3. The van der Waals surface area contributed by atoms with Crippen LogP contribution in [0.4, 0.5) is 4.39 Å². The molecule has 1 aromatic heterocycles. The van der Waals surface area contributed by atoms with E-state index in [1.165, 1.54) is 12.3 Å². The van der Waals surface area contributed by atoms with Crippen LogP contribution in [0.25, 0.3) is 0 Å². The smallest absolute Gasteiger partial charge is 0.212 e. The van der Waals surface area contributed by atoms with Crippen LogP contribution >= 0.6 is 0 Å². The van der Waals surface area contributed by atoms with Crippen LogP contribution in [0.2, 0.25) is 0 Å². The van der Waals surface area contributed by atoms with Crippen LogP contribution in [0, 0.1) is 5.95 Å². The molecule has 0 bridgehead atoms. The molecule has 12 heavy (non-hydrogen) atoms. The van der Waals surface area contributed by atoms with E-state index >= 15 is 0 Å². The third-order valence-corrected chi connectivity index (χ3v) is 1.23. The minimum absolute atomic E-state index is 0.0133. The largest absolute Gasteiger partial charge is 0.370 e. The first-order valence-electron chi connectivity index (χ1n) is 3.34. The highest BCUT2D eigenvalue weighted by molar-refractivity contribution is 5.75. The lowest BCUT2D eigenvalue weighted by Crippen LogP contribution is -2.22. The fourth-order valence-electron chi connectivity index (χ4n) is 0.683. The zero-order valence-corrected chi connectivity index (χ0v) is 6.37.